The van der Waals surface area contributed by atoms with E-state index in [1.54, 1.807) is 0 Å². The van der Waals surface area contributed by atoms with Crippen LogP contribution in [0.25, 0.3) is 0 Å². The van der Waals surface area contributed by atoms with E-state index in [-0.39, 0.29) is 6.23 Å². The Labute approximate surface area is 72.5 Å². The van der Waals surface area contributed by atoms with Crippen LogP contribution in [0.3, 0.4) is 0 Å². The lowest BCUT2D eigenvalue weighted by molar-refractivity contribution is 0.102. The molecule has 2 rings (SSSR count). The highest BCUT2D eigenvalue weighted by atomic mass is 16.5. The van der Waals surface area contributed by atoms with Crippen molar-refractivity contribution < 1.29 is 4.74 Å². The molecule has 1 aromatic rings. The lowest BCUT2D eigenvalue weighted by Crippen LogP contribution is -2.14. The highest BCUT2D eigenvalue weighted by Gasteiger charge is 2.17. The van der Waals surface area contributed by atoms with Gasteiger partial charge in [-0.25, -0.2) is 0 Å². The molecule has 0 saturated carbocycles. The maximum absolute atomic E-state index is 5.47. The minimum atomic E-state index is 0.0544. The number of benzene rings is 1. The molecule has 1 N–H and O–H groups in total. The molecule has 0 bridgehead atoms. The largest absolute Gasteiger partial charge is 0.358 e. The molecule has 0 aromatic heterocycles. The average Bonchev–Trinajstić information content (AvgIpc) is 2.57. The zero-order valence-corrected chi connectivity index (χ0v) is 6.92. The van der Waals surface area contributed by atoms with Crippen LogP contribution in [-0.4, -0.2) is 13.2 Å². The molecule has 0 aliphatic carbocycles. The molecule has 1 atom stereocenters. The quantitative estimate of drug-likeness (QED) is 0.675. The summed E-state index contributed by atoms with van der Waals surface area (Å²) in [4.78, 5) is 0. The summed E-state index contributed by atoms with van der Waals surface area (Å²) in [6, 6.07) is 8.04. The van der Waals surface area contributed by atoms with Crippen LogP contribution in [0.15, 0.2) is 24.3 Å². The summed E-state index contributed by atoms with van der Waals surface area (Å²) < 4.78 is 5.47. The smallest absolute Gasteiger partial charge is 0.134 e. The van der Waals surface area contributed by atoms with Gasteiger partial charge in [-0.2, -0.15) is 0 Å². The Morgan fingerprint density at radius 2 is 2.25 bits per heavy atom. The maximum atomic E-state index is 5.47. The topological polar surface area (TPSA) is 21.3 Å². The van der Waals surface area contributed by atoms with Gasteiger partial charge in [0.05, 0.1) is 6.61 Å². The summed E-state index contributed by atoms with van der Waals surface area (Å²) in [7, 11) is 0. The Hall–Kier alpha value is -0.860. The summed E-state index contributed by atoms with van der Waals surface area (Å²) in [5.41, 5.74) is 2.19. The third-order valence-corrected chi connectivity index (χ3v) is 2.05. The van der Waals surface area contributed by atoms with Crippen molar-refractivity contribution in [1.29, 1.82) is 0 Å². The molecule has 63 valence electrons. The minimum absolute atomic E-state index is 0.0544. The number of nitrogens with one attached hydrogen (secondary N) is 1. The molecule has 0 spiro atoms. The van der Waals surface area contributed by atoms with E-state index >= 15 is 0 Å². The first kappa shape index (κ1) is 7.77. The van der Waals surface area contributed by atoms with Crippen LogP contribution in [0.5, 0.6) is 0 Å². The highest BCUT2D eigenvalue weighted by molar-refractivity contribution is 5.31. The van der Waals surface area contributed by atoms with Crippen molar-refractivity contribution in [2.24, 2.45) is 0 Å². The Bertz CT molecular complexity index is 266. The first-order chi connectivity index (χ1) is 5.88. The predicted octanol–water partition coefficient (Wildman–Crippen LogP) is 1.49. The number of hydrogen-bond acceptors (Lipinski definition) is 2. The van der Waals surface area contributed by atoms with E-state index in [4.69, 9.17) is 4.74 Å². The zero-order chi connectivity index (χ0) is 8.39. The summed E-state index contributed by atoms with van der Waals surface area (Å²) in [6.07, 6.45) is 0.0544. The van der Waals surface area contributed by atoms with Gasteiger partial charge in [-0.1, -0.05) is 24.3 Å². The number of rotatable bonds is 1. The molecule has 2 nitrogen and oxygen atoms in total. The molecule has 1 heterocycles. The fourth-order valence-corrected chi connectivity index (χ4v) is 1.42. The van der Waals surface area contributed by atoms with E-state index in [0.717, 1.165) is 24.3 Å². The van der Waals surface area contributed by atoms with Gasteiger partial charge in [0.1, 0.15) is 6.23 Å². The van der Waals surface area contributed by atoms with Crippen LogP contribution < -0.4 is 5.32 Å². The van der Waals surface area contributed by atoms with E-state index in [2.05, 4.69) is 12.2 Å². The van der Waals surface area contributed by atoms with Gasteiger partial charge in [0.15, 0.2) is 0 Å². The molecule has 0 amide bonds. The summed E-state index contributed by atoms with van der Waals surface area (Å²) in [5, 5.41) is 3.25. The fourth-order valence-electron chi connectivity index (χ4n) is 1.42. The van der Waals surface area contributed by atoms with Crippen LogP contribution >= 0.6 is 0 Å². The van der Waals surface area contributed by atoms with Crippen LogP contribution in [0.4, 0.5) is 0 Å². The number of hydrogen-bond donors (Lipinski definition) is 1. The van der Waals surface area contributed by atoms with Crippen molar-refractivity contribution >= 4 is 0 Å². The second kappa shape index (κ2) is 3.25. The van der Waals surface area contributed by atoms with Crippen LogP contribution in [0.2, 0.25) is 0 Å². The van der Waals surface area contributed by atoms with Crippen molar-refractivity contribution in [1.82, 2.24) is 5.32 Å². The van der Waals surface area contributed by atoms with Gasteiger partial charge in [-0.15, -0.1) is 0 Å². The lowest BCUT2D eigenvalue weighted by atomic mass is 10.1. The molecule has 1 aliphatic rings. The molecule has 1 radical (unpaired) electrons. The van der Waals surface area contributed by atoms with Crippen molar-refractivity contribution in [3.05, 3.63) is 42.3 Å². The van der Waals surface area contributed by atoms with Gasteiger partial charge in [-0.05, 0) is 18.1 Å². The molecule has 2 heteroatoms. The van der Waals surface area contributed by atoms with Crippen LogP contribution in [0, 0.1) is 6.92 Å². The van der Waals surface area contributed by atoms with E-state index in [0.29, 0.717) is 0 Å². The fraction of sp³-hybridized carbons (Fsp3) is 0.300. The second-order valence-electron chi connectivity index (χ2n) is 2.90. The lowest BCUT2D eigenvalue weighted by Gasteiger charge is -2.12. The molecule has 1 aromatic carbocycles. The SMILES string of the molecule is [CH2]c1ccccc1C1NCCO1. The molecule has 1 fully saturated rings. The van der Waals surface area contributed by atoms with Gasteiger partial charge in [0, 0.05) is 6.54 Å². The van der Waals surface area contributed by atoms with E-state index in [1.807, 2.05) is 24.3 Å². The Morgan fingerprint density at radius 1 is 1.42 bits per heavy atom. The standard InChI is InChI=1S/C10H12NO/c1-8-4-2-3-5-9(8)10-11-6-7-12-10/h2-5,10-11H,1,6-7H2. The van der Waals surface area contributed by atoms with Crippen molar-refractivity contribution in [2.45, 2.75) is 6.23 Å². The van der Waals surface area contributed by atoms with Crippen LogP contribution in [0.1, 0.15) is 17.4 Å². The van der Waals surface area contributed by atoms with Gasteiger partial charge in [-0.3, -0.25) is 5.32 Å². The maximum Gasteiger partial charge on any atom is 0.134 e. The van der Waals surface area contributed by atoms with Crippen molar-refractivity contribution in [2.75, 3.05) is 13.2 Å². The van der Waals surface area contributed by atoms with Crippen LogP contribution in [-0.2, 0) is 4.74 Å². The average molecular weight is 162 g/mol. The number of ether oxygens (including phenoxy) is 1. The Morgan fingerprint density at radius 3 is 2.92 bits per heavy atom. The van der Waals surface area contributed by atoms with E-state index in [1.165, 1.54) is 0 Å². The molecular formula is C10H12NO. The molecule has 1 aliphatic heterocycles. The molecule has 1 unspecified atom stereocenters. The molecule has 12 heavy (non-hydrogen) atoms. The van der Waals surface area contributed by atoms with Crippen molar-refractivity contribution in [3.63, 3.8) is 0 Å². The second-order valence-corrected chi connectivity index (χ2v) is 2.90. The monoisotopic (exact) mass is 162 g/mol. The Balaban J connectivity index is 2.26. The van der Waals surface area contributed by atoms with Crippen molar-refractivity contribution in [3.8, 4) is 0 Å². The van der Waals surface area contributed by atoms with E-state index in [9.17, 15) is 0 Å². The normalized spacial score (nSPS) is 22.9. The van der Waals surface area contributed by atoms with Gasteiger partial charge < -0.3 is 4.74 Å². The predicted molar refractivity (Wildman–Crippen MR) is 47.6 cm³/mol. The molecule has 1 saturated heterocycles. The van der Waals surface area contributed by atoms with Gasteiger partial charge in [0.2, 0.25) is 0 Å². The Kier molecular flexibility index (Phi) is 2.11. The molecular weight excluding hydrogens is 150 g/mol. The first-order valence-electron chi connectivity index (χ1n) is 4.14. The third kappa shape index (κ3) is 1.36. The van der Waals surface area contributed by atoms with Gasteiger partial charge in [0.25, 0.3) is 0 Å². The summed E-state index contributed by atoms with van der Waals surface area (Å²) in [5.74, 6) is 0. The third-order valence-electron chi connectivity index (χ3n) is 2.05. The highest BCUT2D eigenvalue weighted by Crippen LogP contribution is 2.20. The summed E-state index contributed by atoms with van der Waals surface area (Å²) >= 11 is 0. The van der Waals surface area contributed by atoms with Gasteiger partial charge >= 0.3 is 0 Å². The zero-order valence-electron chi connectivity index (χ0n) is 6.92. The summed E-state index contributed by atoms with van der Waals surface area (Å²) in [6.45, 7) is 5.67. The minimum Gasteiger partial charge on any atom is -0.358 e. The van der Waals surface area contributed by atoms with E-state index < -0.39 is 0 Å². The first-order valence-corrected chi connectivity index (χ1v) is 4.14.